The molecule has 0 bridgehead atoms. The number of amides is 1. The van der Waals surface area contributed by atoms with Crippen LogP contribution < -0.4 is 20.3 Å². The van der Waals surface area contributed by atoms with Crippen molar-refractivity contribution in [3.63, 3.8) is 0 Å². The van der Waals surface area contributed by atoms with E-state index in [2.05, 4.69) is 20.5 Å². The van der Waals surface area contributed by atoms with Gasteiger partial charge >= 0.3 is 0 Å². The van der Waals surface area contributed by atoms with Crippen LogP contribution in [0.2, 0.25) is 0 Å². The second-order valence-electron chi connectivity index (χ2n) is 11.1. The Balaban J connectivity index is 1.31. The highest BCUT2D eigenvalue weighted by atomic mass is 19.1. The fourth-order valence-electron chi connectivity index (χ4n) is 5.30. The monoisotopic (exact) mass is 575 g/mol. The topological polar surface area (TPSA) is 79.4 Å². The first-order valence-corrected chi connectivity index (χ1v) is 14.6. The molecule has 7 nitrogen and oxygen atoms in total. The van der Waals surface area contributed by atoms with E-state index in [4.69, 9.17) is 9.72 Å². The number of halogens is 1. The van der Waals surface area contributed by atoms with Crippen LogP contribution in [0, 0.1) is 5.82 Å². The van der Waals surface area contributed by atoms with Gasteiger partial charge in [0.15, 0.2) is 0 Å². The molecule has 0 unspecified atom stereocenters. The van der Waals surface area contributed by atoms with Crippen molar-refractivity contribution in [3.8, 4) is 16.9 Å². The zero-order chi connectivity index (χ0) is 29.8. The van der Waals surface area contributed by atoms with Gasteiger partial charge in [-0.15, -0.1) is 0 Å². The zero-order valence-corrected chi connectivity index (χ0v) is 24.3. The van der Waals surface area contributed by atoms with Crippen molar-refractivity contribution in [2.45, 2.75) is 39.3 Å². The first-order chi connectivity index (χ1) is 20.9. The number of anilines is 3. The summed E-state index contributed by atoms with van der Waals surface area (Å²) < 4.78 is 20.8. The van der Waals surface area contributed by atoms with Gasteiger partial charge < -0.3 is 20.3 Å². The van der Waals surface area contributed by atoms with Gasteiger partial charge in [0, 0.05) is 59.3 Å². The predicted molar refractivity (Wildman–Crippen MR) is 170 cm³/mol. The second kappa shape index (κ2) is 12.5. The molecule has 218 valence electrons. The molecule has 2 heterocycles. The largest absolute Gasteiger partial charge is 0.488 e. The van der Waals surface area contributed by atoms with Crippen molar-refractivity contribution >= 4 is 34.1 Å². The smallest absolute Gasteiger partial charge is 0.255 e. The number of fused-ring (bicyclic) bond motifs is 1. The van der Waals surface area contributed by atoms with Crippen LogP contribution >= 0.6 is 0 Å². The Morgan fingerprint density at radius 2 is 1.79 bits per heavy atom. The maximum Gasteiger partial charge on any atom is 0.255 e. The molecule has 6 rings (SSSR count). The van der Waals surface area contributed by atoms with E-state index < -0.39 is 5.82 Å². The van der Waals surface area contributed by atoms with Crippen LogP contribution in [0.5, 0.6) is 5.75 Å². The van der Waals surface area contributed by atoms with Gasteiger partial charge in [0.25, 0.3) is 5.91 Å². The highest BCUT2D eigenvalue weighted by Crippen LogP contribution is 2.36. The van der Waals surface area contributed by atoms with Crippen LogP contribution in [-0.4, -0.2) is 35.0 Å². The van der Waals surface area contributed by atoms with Crippen LogP contribution in [-0.2, 0) is 6.61 Å². The highest BCUT2D eigenvalue weighted by molar-refractivity contribution is 6.05. The molecule has 1 aromatic heterocycles. The van der Waals surface area contributed by atoms with Crippen molar-refractivity contribution < 1.29 is 13.9 Å². The van der Waals surface area contributed by atoms with Crippen LogP contribution in [0.15, 0.2) is 91.1 Å². The van der Waals surface area contributed by atoms with Crippen molar-refractivity contribution in [1.82, 2.24) is 9.97 Å². The lowest BCUT2D eigenvalue weighted by molar-refractivity contribution is 0.102. The normalized spacial score (nSPS) is 13.0. The van der Waals surface area contributed by atoms with E-state index in [-0.39, 0.29) is 17.5 Å². The molecule has 1 amide bonds. The third kappa shape index (κ3) is 6.75. The number of rotatable bonds is 9. The molecule has 1 aliphatic heterocycles. The van der Waals surface area contributed by atoms with E-state index in [1.807, 2.05) is 80.6 Å². The maximum absolute atomic E-state index is 14.5. The molecule has 0 radical (unpaired) electrons. The number of carbonyl (C=O) groups is 1. The first kappa shape index (κ1) is 28.2. The number of ether oxygens (including phenoxy) is 1. The predicted octanol–water partition coefficient (Wildman–Crippen LogP) is 7.69. The third-order valence-corrected chi connectivity index (χ3v) is 7.38. The van der Waals surface area contributed by atoms with Crippen molar-refractivity contribution in [2.24, 2.45) is 0 Å². The number of hydrogen-bond donors (Lipinski definition) is 2. The van der Waals surface area contributed by atoms with Crippen LogP contribution in [0.1, 0.15) is 42.6 Å². The van der Waals surface area contributed by atoms with Gasteiger partial charge in [-0.25, -0.2) is 14.4 Å². The van der Waals surface area contributed by atoms with Gasteiger partial charge in [-0.3, -0.25) is 4.79 Å². The zero-order valence-electron chi connectivity index (χ0n) is 24.3. The van der Waals surface area contributed by atoms with Gasteiger partial charge in [0.05, 0.1) is 5.52 Å². The van der Waals surface area contributed by atoms with Gasteiger partial charge in [-0.2, -0.15) is 0 Å². The molecule has 1 aliphatic rings. The minimum atomic E-state index is -0.423. The van der Waals surface area contributed by atoms with Gasteiger partial charge in [0.2, 0.25) is 5.95 Å². The SMILES string of the molecule is CC(C)Nc1ncc2cc(-c3cccc(NC(=O)c4cc(F)cc(N5CCCC5)c4)c3)c(OCc3ccccc3)cc2n1. The van der Waals surface area contributed by atoms with E-state index in [0.29, 0.717) is 24.0 Å². The maximum atomic E-state index is 14.5. The van der Waals surface area contributed by atoms with E-state index in [1.165, 1.54) is 12.1 Å². The lowest BCUT2D eigenvalue weighted by atomic mass is 10.0. The van der Waals surface area contributed by atoms with Gasteiger partial charge in [-0.1, -0.05) is 42.5 Å². The van der Waals surface area contributed by atoms with Crippen molar-refractivity contribution in [1.29, 1.82) is 0 Å². The lowest BCUT2D eigenvalue weighted by Crippen LogP contribution is -2.19. The molecule has 8 heteroatoms. The molecule has 43 heavy (non-hydrogen) atoms. The average molecular weight is 576 g/mol. The molecule has 0 atom stereocenters. The van der Waals surface area contributed by atoms with E-state index >= 15 is 0 Å². The highest BCUT2D eigenvalue weighted by Gasteiger charge is 2.17. The van der Waals surface area contributed by atoms with E-state index in [9.17, 15) is 9.18 Å². The Morgan fingerprint density at radius 3 is 2.58 bits per heavy atom. The van der Waals surface area contributed by atoms with Gasteiger partial charge in [0.1, 0.15) is 18.2 Å². The summed E-state index contributed by atoms with van der Waals surface area (Å²) in [5.74, 6) is 0.428. The van der Waals surface area contributed by atoms with Crippen LogP contribution in [0.4, 0.5) is 21.7 Å². The number of hydrogen-bond acceptors (Lipinski definition) is 6. The molecular formula is C35H34FN5O2. The van der Waals surface area contributed by atoms with Crippen molar-refractivity contribution in [3.05, 3.63) is 108 Å². The summed E-state index contributed by atoms with van der Waals surface area (Å²) in [7, 11) is 0. The third-order valence-electron chi connectivity index (χ3n) is 7.38. The van der Waals surface area contributed by atoms with Crippen LogP contribution in [0.25, 0.3) is 22.0 Å². The molecule has 1 fully saturated rings. The summed E-state index contributed by atoms with van der Waals surface area (Å²) in [5.41, 5.74) is 5.11. The Labute approximate surface area is 250 Å². The molecule has 2 N–H and O–H groups in total. The van der Waals surface area contributed by atoms with E-state index in [1.54, 1.807) is 12.3 Å². The summed E-state index contributed by atoms with van der Waals surface area (Å²) in [4.78, 5) is 24.6. The Hall–Kier alpha value is -4.98. The first-order valence-electron chi connectivity index (χ1n) is 14.6. The molecule has 4 aromatic carbocycles. The summed E-state index contributed by atoms with van der Waals surface area (Å²) >= 11 is 0. The summed E-state index contributed by atoms with van der Waals surface area (Å²) in [6.45, 7) is 6.20. The quantitative estimate of drug-likeness (QED) is 0.188. The Kier molecular flexibility index (Phi) is 8.18. The molecule has 0 aliphatic carbocycles. The van der Waals surface area contributed by atoms with Crippen LogP contribution in [0.3, 0.4) is 0 Å². The minimum Gasteiger partial charge on any atom is -0.488 e. The lowest BCUT2D eigenvalue weighted by Gasteiger charge is -2.18. The standard InChI is InChI=1S/C35H34FN5O2/c1-23(2)38-35-37-21-27-18-31(33(20-32(27)40-35)43-22-24-9-4-3-5-10-24)25-11-8-12-29(16-25)39-34(42)26-15-28(36)19-30(17-26)41-13-6-7-14-41/h3-5,8-12,15-21,23H,6-7,13-14,22H2,1-2H3,(H,39,42)(H,37,38,40). The summed E-state index contributed by atoms with van der Waals surface area (Å²) in [6, 6.07) is 26.2. The number of aromatic nitrogens is 2. The summed E-state index contributed by atoms with van der Waals surface area (Å²) in [5, 5.41) is 7.07. The Morgan fingerprint density at radius 1 is 0.977 bits per heavy atom. The molecular weight excluding hydrogens is 541 g/mol. The average Bonchev–Trinajstić information content (AvgIpc) is 3.55. The molecule has 5 aromatic rings. The van der Waals surface area contributed by atoms with E-state index in [0.717, 1.165) is 59.2 Å². The molecule has 0 saturated carbocycles. The number of carbonyl (C=O) groups excluding carboxylic acids is 1. The number of nitrogens with one attached hydrogen (secondary N) is 2. The molecule has 1 saturated heterocycles. The number of benzene rings is 4. The second-order valence-corrected chi connectivity index (χ2v) is 11.1. The van der Waals surface area contributed by atoms with Gasteiger partial charge in [-0.05, 0) is 74.2 Å². The fourth-order valence-corrected chi connectivity index (χ4v) is 5.30. The van der Waals surface area contributed by atoms with Crippen molar-refractivity contribution in [2.75, 3.05) is 28.6 Å². The Bertz CT molecular complexity index is 1750. The number of nitrogens with zero attached hydrogens (tertiary/aromatic N) is 3. The fraction of sp³-hybridized carbons (Fsp3) is 0.229. The minimum absolute atomic E-state index is 0.197. The molecule has 0 spiro atoms. The summed E-state index contributed by atoms with van der Waals surface area (Å²) in [6.07, 6.45) is 3.93.